The molecule has 0 saturated carbocycles. The van der Waals surface area contributed by atoms with Gasteiger partial charge in [0.2, 0.25) is 5.91 Å². The number of nitrogens with one attached hydrogen (secondary N) is 1. The number of anilines is 1. The van der Waals surface area contributed by atoms with E-state index in [-0.39, 0.29) is 17.2 Å². The summed E-state index contributed by atoms with van der Waals surface area (Å²) in [5, 5.41) is 22.2. The second-order valence-electron chi connectivity index (χ2n) is 5.90. The molecule has 1 aromatic heterocycles. The van der Waals surface area contributed by atoms with Gasteiger partial charge < -0.3 is 10.4 Å². The standard InChI is InChI=1S/C21H16N2O3S/c22-13-15-3-8-17(9-4-15)16-6-1-14(2-7-16)5-10-19(24)23-18-11-12-27-20(18)21(25)26/h1-4,6-9,11-12H,5,10H2,(H,23,24)(H,25,26). The third-order valence-corrected chi connectivity index (χ3v) is 4.98. The average molecular weight is 376 g/mol. The van der Waals surface area contributed by atoms with Crippen LogP contribution in [0.4, 0.5) is 5.69 Å². The first-order valence-electron chi connectivity index (χ1n) is 8.27. The van der Waals surface area contributed by atoms with Crippen molar-refractivity contribution in [3.8, 4) is 17.2 Å². The van der Waals surface area contributed by atoms with Crippen LogP contribution in [0.25, 0.3) is 11.1 Å². The molecule has 0 aliphatic heterocycles. The second-order valence-corrected chi connectivity index (χ2v) is 6.82. The molecule has 5 nitrogen and oxygen atoms in total. The van der Waals surface area contributed by atoms with Gasteiger partial charge in [-0.25, -0.2) is 4.79 Å². The number of nitriles is 1. The zero-order valence-corrected chi connectivity index (χ0v) is 15.1. The van der Waals surface area contributed by atoms with Crippen LogP contribution in [0, 0.1) is 11.3 Å². The smallest absolute Gasteiger partial charge is 0.348 e. The molecule has 0 aliphatic rings. The molecular formula is C21H16N2O3S. The molecule has 0 aliphatic carbocycles. The molecule has 0 bridgehead atoms. The van der Waals surface area contributed by atoms with Gasteiger partial charge in [-0.1, -0.05) is 36.4 Å². The van der Waals surface area contributed by atoms with Gasteiger partial charge in [-0.05, 0) is 46.7 Å². The first kappa shape index (κ1) is 18.4. The van der Waals surface area contributed by atoms with E-state index in [2.05, 4.69) is 11.4 Å². The Bertz CT molecular complexity index is 999. The lowest BCUT2D eigenvalue weighted by atomic mass is 10.0. The molecule has 134 valence electrons. The van der Waals surface area contributed by atoms with E-state index >= 15 is 0 Å². The Balaban J connectivity index is 1.58. The lowest BCUT2D eigenvalue weighted by Gasteiger charge is -2.06. The predicted octanol–water partition coefficient (Wildman–Crippen LogP) is 4.56. The molecule has 0 unspecified atom stereocenters. The summed E-state index contributed by atoms with van der Waals surface area (Å²) >= 11 is 1.08. The Labute approximate surface area is 160 Å². The SMILES string of the molecule is N#Cc1ccc(-c2ccc(CCC(=O)Nc3ccsc3C(=O)O)cc2)cc1. The molecule has 0 saturated heterocycles. The van der Waals surface area contributed by atoms with E-state index in [4.69, 9.17) is 10.4 Å². The number of carbonyl (C=O) groups excluding carboxylic acids is 1. The number of amides is 1. The number of hydrogen-bond acceptors (Lipinski definition) is 4. The van der Waals surface area contributed by atoms with E-state index in [1.165, 1.54) is 0 Å². The molecule has 0 radical (unpaired) electrons. The van der Waals surface area contributed by atoms with Crippen LogP contribution in [0.3, 0.4) is 0 Å². The van der Waals surface area contributed by atoms with Gasteiger partial charge in [-0.2, -0.15) is 5.26 Å². The van der Waals surface area contributed by atoms with Crippen molar-refractivity contribution in [2.45, 2.75) is 12.8 Å². The summed E-state index contributed by atoms with van der Waals surface area (Å²) in [4.78, 5) is 23.3. The van der Waals surface area contributed by atoms with Crippen LogP contribution in [0.1, 0.15) is 27.2 Å². The van der Waals surface area contributed by atoms with Crippen molar-refractivity contribution in [2.24, 2.45) is 0 Å². The highest BCUT2D eigenvalue weighted by molar-refractivity contribution is 7.12. The third-order valence-electron chi connectivity index (χ3n) is 4.08. The molecule has 2 N–H and O–H groups in total. The Hall–Kier alpha value is -3.43. The fourth-order valence-electron chi connectivity index (χ4n) is 2.64. The Morgan fingerprint density at radius 1 is 1.00 bits per heavy atom. The largest absolute Gasteiger partial charge is 0.477 e. The monoisotopic (exact) mass is 376 g/mol. The van der Waals surface area contributed by atoms with E-state index in [1.807, 2.05) is 36.4 Å². The number of hydrogen-bond donors (Lipinski definition) is 2. The molecule has 0 fully saturated rings. The van der Waals surface area contributed by atoms with Crippen LogP contribution < -0.4 is 5.32 Å². The second kappa shape index (κ2) is 8.30. The molecule has 3 rings (SSSR count). The van der Waals surface area contributed by atoms with Crippen LogP contribution >= 0.6 is 11.3 Å². The highest BCUT2D eigenvalue weighted by atomic mass is 32.1. The third kappa shape index (κ3) is 4.60. The summed E-state index contributed by atoms with van der Waals surface area (Å²) in [6, 6.07) is 19.0. The maximum Gasteiger partial charge on any atom is 0.348 e. The van der Waals surface area contributed by atoms with E-state index in [9.17, 15) is 9.59 Å². The van der Waals surface area contributed by atoms with Gasteiger partial charge in [0.1, 0.15) is 4.88 Å². The number of carbonyl (C=O) groups is 2. The number of nitrogens with zero attached hydrogens (tertiary/aromatic N) is 1. The van der Waals surface area contributed by atoms with E-state index in [1.54, 1.807) is 23.6 Å². The van der Waals surface area contributed by atoms with Gasteiger partial charge in [-0.3, -0.25) is 4.79 Å². The molecule has 3 aromatic rings. The number of thiophene rings is 1. The van der Waals surface area contributed by atoms with Gasteiger partial charge in [0.25, 0.3) is 0 Å². The molecular weight excluding hydrogens is 360 g/mol. The average Bonchev–Trinajstić information content (AvgIpc) is 3.15. The number of rotatable bonds is 6. The minimum atomic E-state index is -1.04. The maximum absolute atomic E-state index is 12.1. The number of aryl methyl sites for hydroxylation is 1. The normalized spacial score (nSPS) is 10.2. The minimum absolute atomic E-state index is 0.134. The quantitative estimate of drug-likeness (QED) is 0.660. The summed E-state index contributed by atoms with van der Waals surface area (Å²) in [6.45, 7) is 0. The van der Waals surface area contributed by atoms with Crippen LogP contribution in [0.15, 0.2) is 60.0 Å². The molecule has 1 heterocycles. The van der Waals surface area contributed by atoms with Gasteiger partial charge in [0.05, 0.1) is 17.3 Å². The first-order valence-corrected chi connectivity index (χ1v) is 9.15. The molecule has 27 heavy (non-hydrogen) atoms. The van der Waals surface area contributed by atoms with Gasteiger partial charge in [0, 0.05) is 6.42 Å². The molecule has 0 atom stereocenters. The van der Waals surface area contributed by atoms with Gasteiger partial charge in [-0.15, -0.1) is 11.3 Å². The number of carboxylic acid groups (broad SMARTS) is 1. The van der Waals surface area contributed by atoms with Crippen molar-refractivity contribution in [3.05, 3.63) is 76.0 Å². The van der Waals surface area contributed by atoms with Crippen molar-refractivity contribution >= 4 is 28.9 Å². The fourth-order valence-corrected chi connectivity index (χ4v) is 3.33. The predicted molar refractivity (Wildman–Crippen MR) is 105 cm³/mol. The summed E-state index contributed by atoms with van der Waals surface area (Å²) in [5.74, 6) is -1.26. The van der Waals surface area contributed by atoms with E-state index < -0.39 is 5.97 Å². The van der Waals surface area contributed by atoms with E-state index in [0.717, 1.165) is 28.0 Å². The maximum atomic E-state index is 12.1. The van der Waals surface area contributed by atoms with Crippen LogP contribution in [-0.2, 0) is 11.2 Å². The number of aromatic carboxylic acids is 1. The molecule has 0 spiro atoms. The Kier molecular flexibility index (Phi) is 5.64. The highest BCUT2D eigenvalue weighted by Gasteiger charge is 2.13. The summed E-state index contributed by atoms with van der Waals surface area (Å²) < 4.78 is 0. The topological polar surface area (TPSA) is 90.2 Å². The molecule has 6 heteroatoms. The zero-order chi connectivity index (χ0) is 19.2. The molecule has 2 aromatic carbocycles. The van der Waals surface area contributed by atoms with Crippen LogP contribution in [0.5, 0.6) is 0 Å². The van der Waals surface area contributed by atoms with Crippen molar-refractivity contribution in [1.82, 2.24) is 0 Å². The Morgan fingerprint density at radius 3 is 2.22 bits per heavy atom. The summed E-state index contributed by atoms with van der Waals surface area (Å²) in [5.41, 5.74) is 4.05. The van der Waals surface area contributed by atoms with Gasteiger partial charge >= 0.3 is 5.97 Å². The van der Waals surface area contributed by atoms with Crippen LogP contribution in [0.2, 0.25) is 0 Å². The lowest BCUT2D eigenvalue weighted by Crippen LogP contribution is -2.13. The van der Waals surface area contributed by atoms with Crippen molar-refractivity contribution in [3.63, 3.8) is 0 Å². The van der Waals surface area contributed by atoms with Crippen LogP contribution in [-0.4, -0.2) is 17.0 Å². The Morgan fingerprint density at radius 2 is 1.63 bits per heavy atom. The fraction of sp³-hybridized carbons (Fsp3) is 0.0952. The number of benzene rings is 2. The highest BCUT2D eigenvalue weighted by Crippen LogP contribution is 2.23. The van der Waals surface area contributed by atoms with Gasteiger partial charge in [0.15, 0.2) is 0 Å². The van der Waals surface area contributed by atoms with Crippen molar-refractivity contribution in [2.75, 3.05) is 5.32 Å². The first-order chi connectivity index (χ1) is 13.1. The van der Waals surface area contributed by atoms with E-state index in [0.29, 0.717) is 17.7 Å². The van der Waals surface area contributed by atoms with Crippen molar-refractivity contribution < 1.29 is 14.7 Å². The summed E-state index contributed by atoms with van der Waals surface area (Å²) in [6.07, 6.45) is 0.831. The lowest BCUT2D eigenvalue weighted by molar-refractivity contribution is -0.116. The van der Waals surface area contributed by atoms with Crippen molar-refractivity contribution in [1.29, 1.82) is 5.26 Å². The summed E-state index contributed by atoms with van der Waals surface area (Å²) in [7, 11) is 0. The minimum Gasteiger partial charge on any atom is -0.477 e. The zero-order valence-electron chi connectivity index (χ0n) is 14.3. The molecule has 1 amide bonds. The number of carboxylic acids is 1.